The molecule has 3 aliphatic rings. The first-order valence-corrected chi connectivity index (χ1v) is 9.81. The zero-order valence-electron chi connectivity index (χ0n) is 15.6. The second-order valence-corrected chi connectivity index (χ2v) is 9.17. The smallest absolute Gasteiger partial charge is 0.198 e. The molecular formula is C20H37N2+. The molecule has 0 amide bonds. The molecule has 1 heterocycles. The van der Waals surface area contributed by atoms with Crippen molar-refractivity contribution in [1.82, 2.24) is 0 Å². The molecule has 3 rings (SSSR count). The van der Waals surface area contributed by atoms with E-state index in [0.29, 0.717) is 5.41 Å². The molecule has 126 valence electrons. The Balaban J connectivity index is 1.90. The summed E-state index contributed by atoms with van der Waals surface area (Å²) in [7, 11) is 4.86. The summed E-state index contributed by atoms with van der Waals surface area (Å²) >= 11 is 0. The molecule has 0 N–H and O–H groups in total. The van der Waals surface area contributed by atoms with Gasteiger partial charge in [0.25, 0.3) is 0 Å². The lowest BCUT2D eigenvalue weighted by molar-refractivity contribution is -0.828. The third kappa shape index (κ3) is 2.37. The highest BCUT2D eigenvalue weighted by atomic mass is 15.4. The first kappa shape index (κ1) is 16.5. The number of hydrogen-bond acceptors (Lipinski definition) is 1. The second kappa shape index (κ2) is 5.61. The Bertz CT molecular complexity index is 447. The van der Waals surface area contributed by atoms with Crippen LogP contribution in [-0.2, 0) is 0 Å². The molecule has 0 saturated heterocycles. The van der Waals surface area contributed by atoms with Crippen molar-refractivity contribution in [3.8, 4) is 0 Å². The van der Waals surface area contributed by atoms with Crippen molar-refractivity contribution in [2.45, 2.75) is 96.6 Å². The number of amidine groups is 1. The topological polar surface area (TPSA) is 12.4 Å². The van der Waals surface area contributed by atoms with Crippen LogP contribution in [0, 0.1) is 11.3 Å². The van der Waals surface area contributed by atoms with E-state index >= 15 is 0 Å². The summed E-state index contributed by atoms with van der Waals surface area (Å²) in [5.74, 6) is 2.41. The minimum atomic E-state index is 0.268. The zero-order chi connectivity index (χ0) is 16.0. The van der Waals surface area contributed by atoms with Gasteiger partial charge in [-0.1, -0.05) is 33.6 Å². The summed E-state index contributed by atoms with van der Waals surface area (Å²) in [4.78, 5) is 5.48. The third-order valence-electron chi connectivity index (χ3n) is 7.44. The van der Waals surface area contributed by atoms with Gasteiger partial charge in [-0.05, 0) is 49.9 Å². The van der Waals surface area contributed by atoms with Gasteiger partial charge in [0.2, 0.25) is 0 Å². The van der Waals surface area contributed by atoms with Gasteiger partial charge >= 0.3 is 0 Å². The zero-order valence-corrected chi connectivity index (χ0v) is 15.6. The molecule has 2 aliphatic carbocycles. The van der Waals surface area contributed by atoms with E-state index in [1.54, 1.807) is 0 Å². The Morgan fingerprint density at radius 3 is 2.41 bits per heavy atom. The molecular weight excluding hydrogens is 268 g/mol. The van der Waals surface area contributed by atoms with Crippen molar-refractivity contribution < 1.29 is 4.48 Å². The largest absolute Gasteiger partial charge is 0.279 e. The average molecular weight is 306 g/mol. The first-order valence-electron chi connectivity index (χ1n) is 9.81. The fourth-order valence-electron chi connectivity index (χ4n) is 5.96. The normalized spacial score (nSPS) is 39.0. The van der Waals surface area contributed by atoms with Crippen LogP contribution in [0.15, 0.2) is 4.99 Å². The Labute approximate surface area is 138 Å². The Hall–Kier alpha value is -0.370. The molecule has 3 atom stereocenters. The highest BCUT2D eigenvalue weighted by Crippen LogP contribution is 2.57. The van der Waals surface area contributed by atoms with Gasteiger partial charge in [0.1, 0.15) is 11.6 Å². The van der Waals surface area contributed by atoms with Gasteiger partial charge in [-0.25, -0.2) is 4.99 Å². The molecule has 0 radical (unpaired) electrons. The highest BCUT2D eigenvalue weighted by Gasteiger charge is 2.60. The number of nitrogens with zero attached hydrogens (tertiary/aromatic N) is 2. The molecule has 22 heavy (non-hydrogen) atoms. The summed E-state index contributed by atoms with van der Waals surface area (Å²) in [5, 5.41) is 0. The van der Waals surface area contributed by atoms with E-state index in [0.717, 1.165) is 16.4 Å². The minimum absolute atomic E-state index is 0.268. The van der Waals surface area contributed by atoms with Crippen LogP contribution in [0.4, 0.5) is 0 Å². The van der Waals surface area contributed by atoms with Crippen molar-refractivity contribution in [1.29, 1.82) is 0 Å². The maximum Gasteiger partial charge on any atom is 0.198 e. The van der Waals surface area contributed by atoms with Crippen LogP contribution in [0.5, 0.6) is 0 Å². The molecule has 0 spiro atoms. The van der Waals surface area contributed by atoms with Crippen LogP contribution in [0.1, 0.15) is 85.0 Å². The van der Waals surface area contributed by atoms with E-state index < -0.39 is 0 Å². The highest BCUT2D eigenvalue weighted by molar-refractivity contribution is 5.78. The van der Waals surface area contributed by atoms with E-state index in [4.69, 9.17) is 4.99 Å². The first-order chi connectivity index (χ1) is 10.4. The van der Waals surface area contributed by atoms with Gasteiger partial charge in [-0.2, -0.15) is 0 Å². The number of fused-ring (bicyclic) bond motifs is 1. The number of aliphatic imine (C=N–C) groups is 1. The van der Waals surface area contributed by atoms with Gasteiger partial charge in [0, 0.05) is 12.8 Å². The quantitative estimate of drug-likeness (QED) is 0.621. The number of hydrogen-bond donors (Lipinski definition) is 0. The maximum absolute atomic E-state index is 5.48. The molecule has 2 heteroatoms. The summed E-state index contributed by atoms with van der Waals surface area (Å²) in [5.41, 5.74) is 0.913. The molecule has 3 unspecified atom stereocenters. The van der Waals surface area contributed by atoms with Crippen molar-refractivity contribution >= 4 is 5.84 Å². The Kier molecular flexibility index (Phi) is 4.21. The standard InChI is InChI=1S/C20H37N2/c1-6-9-18-21-20(12-7-2)15-16(19(3)13-8-14-19)10-11-17(20)22(18,4)5/h16-17H,6-15H2,1-5H3/q+1. The molecule has 1 aliphatic heterocycles. The van der Waals surface area contributed by atoms with E-state index in [1.807, 2.05) is 0 Å². The Morgan fingerprint density at radius 1 is 1.14 bits per heavy atom. The minimum Gasteiger partial charge on any atom is -0.279 e. The van der Waals surface area contributed by atoms with E-state index in [-0.39, 0.29) is 5.54 Å². The van der Waals surface area contributed by atoms with E-state index in [9.17, 15) is 0 Å². The predicted octanol–water partition coefficient (Wildman–Crippen LogP) is 5.17. The van der Waals surface area contributed by atoms with Gasteiger partial charge in [0.05, 0.1) is 14.1 Å². The fourth-order valence-corrected chi connectivity index (χ4v) is 5.96. The second-order valence-electron chi connectivity index (χ2n) is 9.17. The molecule has 2 saturated carbocycles. The van der Waals surface area contributed by atoms with Crippen molar-refractivity contribution in [3.63, 3.8) is 0 Å². The van der Waals surface area contributed by atoms with E-state index in [1.165, 1.54) is 70.0 Å². The number of likely N-dealkylation sites (N-methyl/N-ethyl adjacent to an activating group) is 1. The summed E-state index contributed by atoms with van der Waals surface area (Å²) in [6, 6.07) is 0.744. The maximum atomic E-state index is 5.48. The molecule has 2 nitrogen and oxygen atoms in total. The van der Waals surface area contributed by atoms with Crippen LogP contribution in [0.3, 0.4) is 0 Å². The summed E-state index contributed by atoms with van der Waals surface area (Å²) < 4.78 is 1.08. The molecule has 0 bridgehead atoms. The lowest BCUT2D eigenvalue weighted by atomic mass is 9.55. The summed E-state index contributed by atoms with van der Waals surface area (Å²) in [6.07, 6.45) is 13.6. The SMILES string of the molecule is CCCC1=NC2(CCC)CC(C3(C)CCC3)CCC2[N+]1(C)C. The van der Waals surface area contributed by atoms with E-state index in [2.05, 4.69) is 34.9 Å². The monoisotopic (exact) mass is 305 g/mol. The molecule has 0 aromatic carbocycles. The van der Waals surface area contributed by atoms with Gasteiger partial charge < -0.3 is 0 Å². The summed E-state index contributed by atoms with van der Waals surface area (Å²) in [6.45, 7) is 7.22. The van der Waals surface area contributed by atoms with Crippen LogP contribution in [-0.4, -0.2) is 36.0 Å². The van der Waals surface area contributed by atoms with Crippen LogP contribution < -0.4 is 0 Å². The number of rotatable bonds is 5. The predicted molar refractivity (Wildman–Crippen MR) is 95.2 cm³/mol. The average Bonchev–Trinajstić information content (AvgIpc) is 2.65. The van der Waals surface area contributed by atoms with Crippen molar-refractivity contribution in [2.75, 3.05) is 14.1 Å². The molecule has 0 aromatic rings. The van der Waals surface area contributed by atoms with Gasteiger partial charge in [-0.3, -0.25) is 4.48 Å². The lowest BCUT2D eigenvalue weighted by Gasteiger charge is -2.52. The Morgan fingerprint density at radius 2 is 1.86 bits per heavy atom. The van der Waals surface area contributed by atoms with Crippen molar-refractivity contribution in [2.24, 2.45) is 16.3 Å². The fraction of sp³-hybridized carbons (Fsp3) is 0.950. The van der Waals surface area contributed by atoms with Crippen LogP contribution >= 0.6 is 0 Å². The van der Waals surface area contributed by atoms with Gasteiger partial charge in [-0.15, -0.1) is 0 Å². The van der Waals surface area contributed by atoms with Crippen LogP contribution in [0.2, 0.25) is 0 Å². The van der Waals surface area contributed by atoms with Crippen molar-refractivity contribution in [3.05, 3.63) is 0 Å². The number of quaternary nitrogens is 1. The molecule has 0 aromatic heterocycles. The van der Waals surface area contributed by atoms with Gasteiger partial charge in [0.15, 0.2) is 5.84 Å². The third-order valence-corrected chi connectivity index (χ3v) is 7.44. The lowest BCUT2D eigenvalue weighted by Crippen LogP contribution is -2.59. The molecule has 2 fully saturated rings. The van der Waals surface area contributed by atoms with Crippen LogP contribution in [0.25, 0.3) is 0 Å².